The lowest BCUT2D eigenvalue weighted by atomic mass is 10.1. The summed E-state index contributed by atoms with van der Waals surface area (Å²) in [6.07, 6.45) is 1.31. The number of thioether (sulfide) groups is 1. The molecule has 1 aliphatic rings. The molecular weight excluding hydrogens is 344 g/mol. The fraction of sp³-hybridized carbons (Fsp3) is 0.750. The maximum Gasteiger partial charge on any atom is 0.233 e. The van der Waals surface area contributed by atoms with Gasteiger partial charge in [-0.2, -0.15) is 0 Å². The Hall–Kier alpha value is -0.870. The maximum atomic E-state index is 12.6. The highest BCUT2D eigenvalue weighted by Gasteiger charge is 2.36. The summed E-state index contributed by atoms with van der Waals surface area (Å²) in [6, 6.07) is -0.196. The molecule has 0 aromatic carbocycles. The van der Waals surface area contributed by atoms with Crippen LogP contribution in [-0.4, -0.2) is 58.8 Å². The van der Waals surface area contributed by atoms with Gasteiger partial charge in [0.25, 0.3) is 0 Å². The molecule has 2 atom stereocenters. The molecule has 0 saturated carbocycles. The molecule has 2 rings (SSSR count). The highest BCUT2D eigenvalue weighted by atomic mass is 32.2. The van der Waals surface area contributed by atoms with Crippen molar-refractivity contribution >= 4 is 44.0 Å². The van der Waals surface area contributed by atoms with E-state index < -0.39 is 9.84 Å². The Morgan fingerprint density at radius 2 is 2.27 bits per heavy atom. The maximum absolute atomic E-state index is 12.6. The average Bonchev–Trinajstić information content (AvgIpc) is 3.02. The molecule has 0 bridgehead atoms. The summed E-state index contributed by atoms with van der Waals surface area (Å²) < 4.78 is 24.0. The van der Waals surface area contributed by atoms with Crippen LogP contribution in [0.3, 0.4) is 0 Å². The van der Waals surface area contributed by atoms with Crippen molar-refractivity contribution in [3.8, 4) is 0 Å². The topological polar surface area (TPSA) is 106 Å². The lowest BCUT2D eigenvalue weighted by Crippen LogP contribution is -2.47. The number of nitrogens with zero attached hydrogens (tertiary/aromatic N) is 3. The van der Waals surface area contributed by atoms with E-state index in [1.165, 1.54) is 23.1 Å². The van der Waals surface area contributed by atoms with Crippen LogP contribution < -0.4 is 5.73 Å². The van der Waals surface area contributed by atoms with Crippen LogP contribution in [0.4, 0.5) is 5.13 Å². The van der Waals surface area contributed by atoms with E-state index in [9.17, 15) is 13.2 Å². The standard InChI is InChI=1S/C12H20N4O3S3/c1-3-8(2)16(9-4-5-22(18,19)7-9)10(17)6-20-12-15-14-11(13)21-12/h8-9H,3-7H2,1-2H3,(H2,13,14)/t8-,9+/m1/s1. The van der Waals surface area contributed by atoms with E-state index in [1.807, 2.05) is 13.8 Å². The predicted molar refractivity (Wildman–Crippen MR) is 88.7 cm³/mol. The molecule has 1 aromatic heterocycles. The van der Waals surface area contributed by atoms with Crippen molar-refractivity contribution in [2.24, 2.45) is 0 Å². The van der Waals surface area contributed by atoms with Crippen LogP contribution in [0.1, 0.15) is 26.7 Å². The van der Waals surface area contributed by atoms with Gasteiger partial charge in [-0.15, -0.1) is 10.2 Å². The first-order chi connectivity index (χ1) is 10.3. The van der Waals surface area contributed by atoms with Crippen molar-refractivity contribution in [2.75, 3.05) is 23.0 Å². The van der Waals surface area contributed by atoms with Gasteiger partial charge in [-0.25, -0.2) is 8.42 Å². The van der Waals surface area contributed by atoms with Gasteiger partial charge in [-0.1, -0.05) is 30.0 Å². The highest BCUT2D eigenvalue weighted by molar-refractivity contribution is 8.01. The van der Waals surface area contributed by atoms with Crippen LogP contribution in [0.25, 0.3) is 0 Å². The van der Waals surface area contributed by atoms with Crippen molar-refractivity contribution in [3.05, 3.63) is 0 Å². The molecule has 22 heavy (non-hydrogen) atoms. The summed E-state index contributed by atoms with van der Waals surface area (Å²) in [7, 11) is -3.02. The molecule has 1 saturated heterocycles. The second-order valence-electron chi connectivity index (χ2n) is 5.31. The van der Waals surface area contributed by atoms with E-state index in [0.29, 0.717) is 15.9 Å². The van der Waals surface area contributed by atoms with Crippen LogP contribution in [0.5, 0.6) is 0 Å². The van der Waals surface area contributed by atoms with E-state index in [2.05, 4.69) is 10.2 Å². The molecule has 1 amide bonds. The summed E-state index contributed by atoms with van der Waals surface area (Å²) in [5, 5.41) is 7.95. The molecule has 2 heterocycles. The van der Waals surface area contributed by atoms with Gasteiger partial charge < -0.3 is 10.6 Å². The number of aromatic nitrogens is 2. The molecule has 1 aromatic rings. The van der Waals surface area contributed by atoms with Crippen LogP contribution >= 0.6 is 23.1 Å². The van der Waals surface area contributed by atoms with Crippen molar-refractivity contribution in [3.63, 3.8) is 0 Å². The number of nitrogen functional groups attached to an aromatic ring is 1. The second kappa shape index (κ2) is 7.14. The number of hydrogen-bond donors (Lipinski definition) is 1. The molecule has 0 spiro atoms. The monoisotopic (exact) mass is 364 g/mol. The Bertz CT molecular complexity index is 631. The van der Waals surface area contributed by atoms with Gasteiger partial charge in [-0.05, 0) is 19.8 Å². The first-order valence-corrected chi connectivity index (χ1v) is 10.7. The molecular formula is C12H20N4O3S3. The number of sulfone groups is 1. The average molecular weight is 365 g/mol. The van der Waals surface area contributed by atoms with Gasteiger partial charge in [0, 0.05) is 12.1 Å². The van der Waals surface area contributed by atoms with Crippen LogP contribution in [0.2, 0.25) is 0 Å². The number of rotatable bonds is 6. The number of anilines is 1. The van der Waals surface area contributed by atoms with Gasteiger partial charge in [0.1, 0.15) is 0 Å². The Balaban J connectivity index is 2.03. The van der Waals surface area contributed by atoms with Crippen molar-refractivity contribution in [1.29, 1.82) is 0 Å². The minimum Gasteiger partial charge on any atom is -0.374 e. The van der Waals surface area contributed by atoms with Gasteiger partial charge >= 0.3 is 0 Å². The van der Waals surface area contributed by atoms with E-state index >= 15 is 0 Å². The third-order valence-electron chi connectivity index (χ3n) is 3.70. The molecule has 10 heteroatoms. The zero-order valence-electron chi connectivity index (χ0n) is 12.6. The Morgan fingerprint density at radius 3 is 2.77 bits per heavy atom. The molecule has 0 radical (unpaired) electrons. The summed E-state index contributed by atoms with van der Waals surface area (Å²) in [5.41, 5.74) is 5.51. The van der Waals surface area contributed by atoms with Gasteiger partial charge in [-0.3, -0.25) is 4.79 Å². The quantitative estimate of drug-likeness (QED) is 0.751. The highest BCUT2D eigenvalue weighted by Crippen LogP contribution is 2.26. The van der Waals surface area contributed by atoms with Crippen LogP contribution in [0, 0.1) is 0 Å². The number of amides is 1. The van der Waals surface area contributed by atoms with Crippen molar-refractivity contribution in [2.45, 2.75) is 43.1 Å². The fourth-order valence-electron chi connectivity index (χ4n) is 2.48. The first-order valence-electron chi connectivity index (χ1n) is 7.05. The number of carbonyl (C=O) groups excluding carboxylic acids is 1. The number of carbonyl (C=O) groups is 1. The molecule has 1 fully saturated rings. The lowest BCUT2D eigenvalue weighted by Gasteiger charge is -2.33. The SMILES string of the molecule is CC[C@@H](C)N(C(=O)CSc1nnc(N)s1)[C@H]1CCS(=O)(=O)C1. The minimum absolute atomic E-state index is 0.0193. The number of nitrogens with two attached hydrogens (primary N) is 1. The fourth-order valence-corrected chi connectivity index (χ4v) is 5.69. The van der Waals surface area contributed by atoms with E-state index in [0.717, 1.165) is 6.42 Å². The zero-order chi connectivity index (χ0) is 16.3. The Morgan fingerprint density at radius 1 is 1.55 bits per heavy atom. The molecule has 124 valence electrons. The normalized spacial score (nSPS) is 21.6. The Labute approximate surface area is 138 Å². The number of hydrogen-bond acceptors (Lipinski definition) is 8. The van der Waals surface area contributed by atoms with E-state index in [1.54, 1.807) is 4.90 Å². The first kappa shape index (κ1) is 17.5. The summed E-state index contributed by atoms with van der Waals surface area (Å²) in [5.74, 6) is 0.391. The molecule has 1 aliphatic heterocycles. The lowest BCUT2D eigenvalue weighted by molar-refractivity contribution is -0.132. The van der Waals surface area contributed by atoms with E-state index in [4.69, 9.17) is 5.73 Å². The predicted octanol–water partition coefficient (Wildman–Crippen LogP) is 1.03. The molecule has 2 N–H and O–H groups in total. The van der Waals surface area contributed by atoms with Crippen LogP contribution in [0.15, 0.2) is 4.34 Å². The van der Waals surface area contributed by atoms with E-state index in [-0.39, 0.29) is 35.2 Å². The van der Waals surface area contributed by atoms with Crippen LogP contribution in [-0.2, 0) is 14.6 Å². The molecule has 0 aliphatic carbocycles. The van der Waals surface area contributed by atoms with Gasteiger partial charge in [0.2, 0.25) is 11.0 Å². The smallest absolute Gasteiger partial charge is 0.233 e. The summed E-state index contributed by atoms with van der Waals surface area (Å²) in [6.45, 7) is 3.95. The van der Waals surface area contributed by atoms with Gasteiger partial charge in [0.15, 0.2) is 14.2 Å². The minimum atomic E-state index is -3.02. The summed E-state index contributed by atoms with van der Waals surface area (Å²) in [4.78, 5) is 14.3. The van der Waals surface area contributed by atoms with Gasteiger partial charge in [0.05, 0.1) is 17.3 Å². The Kier molecular flexibility index (Phi) is 5.67. The van der Waals surface area contributed by atoms with Crippen molar-refractivity contribution < 1.29 is 13.2 Å². The molecule has 0 unspecified atom stereocenters. The zero-order valence-corrected chi connectivity index (χ0v) is 15.0. The summed E-state index contributed by atoms with van der Waals surface area (Å²) >= 11 is 2.53. The van der Waals surface area contributed by atoms with Crippen molar-refractivity contribution in [1.82, 2.24) is 15.1 Å². The third kappa shape index (κ3) is 4.32. The largest absolute Gasteiger partial charge is 0.374 e. The second-order valence-corrected chi connectivity index (χ2v) is 9.77. The third-order valence-corrected chi connectivity index (χ3v) is 7.32. The molecule has 7 nitrogen and oxygen atoms in total.